The molecule has 0 bridgehead atoms. The van der Waals surface area contributed by atoms with Gasteiger partial charge in [0.15, 0.2) is 5.82 Å². The van der Waals surface area contributed by atoms with Crippen molar-refractivity contribution in [1.29, 1.82) is 0 Å². The summed E-state index contributed by atoms with van der Waals surface area (Å²) in [5.74, 6) is -0.868. The number of halogens is 2. The predicted molar refractivity (Wildman–Crippen MR) is 102 cm³/mol. The molecule has 132 valence electrons. The van der Waals surface area contributed by atoms with E-state index in [0.717, 1.165) is 9.17 Å². The zero-order valence-electron chi connectivity index (χ0n) is 13.7. The normalized spacial score (nSPS) is 11.2. The molecule has 0 aliphatic rings. The fourth-order valence-corrected chi connectivity index (χ4v) is 4.08. The number of ether oxygens (including phenoxy) is 1. The Kier molecular flexibility index (Phi) is 4.12. The van der Waals surface area contributed by atoms with Crippen LogP contribution in [0.15, 0.2) is 34.9 Å². The standard InChI is InChI=1S/C17H12BrFN4O2S/c1-23-7-8-5-9(6-12(19)13(8)22-23)20-16(24)10-3-4-11(18)15-14(10)21-17(25-2)26-15/h3-7H,1-2H3,(H,20,24). The van der Waals surface area contributed by atoms with Gasteiger partial charge >= 0.3 is 0 Å². The number of methoxy groups -OCH3 is 1. The number of fused-ring (bicyclic) bond motifs is 2. The second kappa shape index (κ2) is 6.33. The van der Waals surface area contributed by atoms with Crippen molar-refractivity contribution in [1.82, 2.24) is 14.8 Å². The number of carbonyl (C=O) groups is 1. The van der Waals surface area contributed by atoms with Crippen molar-refractivity contribution < 1.29 is 13.9 Å². The zero-order valence-corrected chi connectivity index (χ0v) is 16.1. The van der Waals surface area contributed by atoms with E-state index in [1.807, 2.05) is 0 Å². The minimum absolute atomic E-state index is 0.265. The lowest BCUT2D eigenvalue weighted by atomic mass is 10.1. The summed E-state index contributed by atoms with van der Waals surface area (Å²) in [6, 6.07) is 6.38. The van der Waals surface area contributed by atoms with E-state index in [-0.39, 0.29) is 11.4 Å². The summed E-state index contributed by atoms with van der Waals surface area (Å²) < 4.78 is 22.5. The SMILES string of the molecule is COc1nc2c(C(=O)Nc3cc(F)c4nn(C)cc4c3)ccc(Br)c2s1. The third-order valence-corrected chi connectivity index (χ3v) is 5.80. The molecule has 4 aromatic rings. The predicted octanol–water partition coefficient (Wildman–Crippen LogP) is 4.35. The van der Waals surface area contributed by atoms with E-state index in [4.69, 9.17) is 4.74 Å². The lowest BCUT2D eigenvalue weighted by molar-refractivity contribution is 0.102. The summed E-state index contributed by atoms with van der Waals surface area (Å²) >= 11 is 4.79. The van der Waals surface area contributed by atoms with Crippen LogP contribution >= 0.6 is 27.3 Å². The molecule has 26 heavy (non-hydrogen) atoms. The Morgan fingerprint density at radius 2 is 2.15 bits per heavy atom. The van der Waals surface area contributed by atoms with Crippen molar-refractivity contribution in [2.75, 3.05) is 12.4 Å². The monoisotopic (exact) mass is 434 g/mol. The summed E-state index contributed by atoms with van der Waals surface area (Å²) in [5.41, 5.74) is 1.53. The van der Waals surface area contributed by atoms with Gasteiger partial charge in [-0.05, 0) is 40.2 Å². The van der Waals surface area contributed by atoms with Crippen molar-refractivity contribution in [2.45, 2.75) is 0 Å². The molecule has 2 aromatic heterocycles. The number of aromatic nitrogens is 3. The Bertz CT molecular complexity index is 1170. The number of thiazole rings is 1. The number of aryl methyl sites for hydroxylation is 1. The van der Waals surface area contributed by atoms with Crippen molar-refractivity contribution in [3.63, 3.8) is 0 Å². The van der Waals surface area contributed by atoms with Gasteiger partial charge in [0.25, 0.3) is 11.1 Å². The van der Waals surface area contributed by atoms with Gasteiger partial charge in [-0.1, -0.05) is 11.3 Å². The van der Waals surface area contributed by atoms with Crippen molar-refractivity contribution in [2.24, 2.45) is 7.05 Å². The molecule has 0 saturated carbocycles. The fraction of sp³-hybridized carbons (Fsp3) is 0.118. The number of anilines is 1. The van der Waals surface area contributed by atoms with Crippen LogP contribution in [0.2, 0.25) is 0 Å². The number of rotatable bonds is 3. The highest BCUT2D eigenvalue weighted by Crippen LogP contribution is 2.35. The Morgan fingerprint density at radius 1 is 1.35 bits per heavy atom. The van der Waals surface area contributed by atoms with Crippen LogP contribution in [0.4, 0.5) is 10.1 Å². The minimum Gasteiger partial charge on any atom is -0.473 e. The lowest BCUT2D eigenvalue weighted by Gasteiger charge is -2.07. The summed E-state index contributed by atoms with van der Waals surface area (Å²) in [6.45, 7) is 0. The van der Waals surface area contributed by atoms with E-state index >= 15 is 0 Å². The van der Waals surface area contributed by atoms with Crippen molar-refractivity contribution in [3.05, 3.63) is 46.3 Å². The third kappa shape index (κ3) is 2.82. The first-order chi connectivity index (χ1) is 12.5. The van der Waals surface area contributed by atoms with Gasteiger partial charge in [-0.2, -0.15) is 5.10 Å². The van der Waals surface area contributed by atoms with E-state index < -0.39 is 5.82 Å². The van der Waals surface area contributed by atoms with E-state index in [9.17, 15) is 9.18 Å². The number of nitrogens with zero attached hydrogens (tertiary/aromatic N) is 3. The van der Waals surface area contributed by atoms with E-state index in [1.165, 1.54) is 29.2 Å². The van der Waals surface area contributed by atoms with Crippen LogP contribution < -0.4 is 10.1 Å². The van der Waals surface area contributed by atoms with Gasteiger partial charge in [0.05, 0.1) is 22.9 Å². The number of hydrogen-bond donors (Lipinski definition) is 1. The molecule has 6 nitrogen and oxygen atoms in total. The smallest absolute Gasteiger partial charge is 0.274 e. The quantitative estimate of drug-likeness (QED) is 0.520. The molecule has 1 N–H and O–H groups in total. The molecule has 0 aliphatic carbocycles. The molecule has 0 radical (unpaired) electrons. The number of benzene rings is 2. The summed E-state index contributed by atoms with van der Waals surface area (Å²) in [6.07, 6.45) is 1.69. The molecule has 2 aromatic carbocycles. The van der Waals surface area contributed by atoms with E-state index in [1.54, 1.807) is 31.4 Å². The largest absolute Gasteiger partial charge is 0.473 e. The molecular weight excluding hydrogens is 423 g/mol. The van der Waals surface area contributed by atoms with E-state index in [2.05, 4.69) is 31.3 Å². The van der Waals surface area contributed by atoms with Crippen LogP contribution in [0.3, 0.4) is 0 Å². The highest BCUT2D eigenvalue weighted by Gasteiger charge is 2.18. The van der Waals surface area contributed by atoms with Crippen LogP contribution in [0.25, 0.3) is 21.1 Å². The molecule has 0 spiro atoms. The maximum Gasteiger partial charge on any atom is 0.274 e. The van der Waals surface area contributed by atoms with Gasteiger partial charge in [0.1, 0.15) is 5.52 Å². The Balaban J connectivity index is 1.74. The summed E-state index contributed by atoms with van der Waals surface area (Å²) in [7, 11) is 3.24. The molecular formula is C17H12BrFN4O2S. The first-order valence-corrected chi connectivity index (χ1v) is 9.14. The maximum atomic E-state index is 14.2. The van der Waals surface area contributed by atoms with Crippen LogP contribution in [0.5, 0.6) is 5.19 Å². The van der Waals surface area contributed by atoms with Crippen molar-refractivity contribution >= 4 is 60.0 Å². The molecule has 0 atom stereocenters. The molecule has 0 fully saturated rings. The van der Waals surface area contributed by atoms with Crippen LogP contribution in [-0.2, 0) is 7.05 Å². The van der Waals surface area contributed by atoms with Gasteiger partial charge in [-0.25, -0.2) is 9.37 Å². The average Bonchev–Trinajstić information content (AvgIpc) is 3.19. The van der Waals surface area contributed by atoms with Crippen molar-refractivity contribution in [3.8, 4) is 5.19 Å². The zero-order chi connectivity index (χ0) is 18.4. The molecule has 2 heterocycles. The summed E-state index contributed by atoms with van der Waals surface area (Å²) in [5, 5.41) is 7.86. The Morgan fingerprint density at radius 3 is 2.92 bits per heavy atom. The van der Waals surface area contributed by atoms with Gasteiger partial charge in [0, 0.05) is 28.8 Å². The first-order valence-electron chi connectivity index (χ1n) is 7.53. The van der Waals surface area contributed by atoms with Gasteiger partial charge in [-0.3, -0.25) is 9.48 Å². The molecule has 1 amide bonds. The number of nitrogens with one attached hydrogen (secondary N) is 1. The highest BCUT2D eigenvalue weighted by atomic mass is 79.9. The molecule has 9 heteroatoms. The fourth-order valence-electron chi connectivity index (χ4n) is 2.71. The van der Waals surface area contributed by atoms with Gasteiger partial charge in [-0.15, -0.1) is 0 Å². The van der Waals surface area contributed by atoms with Gasteiger partial charge < -0.3 is 10.1 Å². The molecule has 4 rings (SSSR count). The highest BCUT2D eigenvalue weighted by molar-refractivity contribution is 9.10. The lowest BCUT2D eigenvalue weighted by Crippen LogP contribution is -2.12. The average molecular weight is 435 g/mol. The number of hydrogen-bond acceptors (Lipinski definition) is 5. The maximum absolute atomic E-state index is 14.2. The topological polar surface area (TPSA) is 69.0 Å². The van der Waals surface area contributed by atoms with Crippen LogP contribution in [-0.4, -0.2) is 27.8 Å². The Labute approximate surface area is 159 Å². The van der Waals surface area contributed by atoms with Crippen LogP contribution in [0.1, 0.15) is 10.4 Å². The Hall–Kier alpha value is -2.52. The number of carbonyl (C=O) groups excluding carboxylic acids is 1. The molecule has 0 aliphatic heterocycles. The third-order valence-electron chi connectivity index (χ3n) is 3.83. The second-order valence-electron chi connectivity index (χ2n) is 5.61. The number of amides is 1. The minimum atomic E-state index is -0.491. The van der Waals surface area contributed by atoms with Crippen LogP contribution in [0, 0.1) is 5.82 Å². The second-order valence-corrected chi connectivity index (χ2v) is 7.43. The first kappa shape index (κ1) is 16.9. The van der Waals surface area contributed by atoms with Gasteiger partial charge in [0.2, 0.25) is 0 Å². The molecule has 0 saturated heterocycles. The molecule has 0 unspecified atom stereocenters. The van der Waals surface area contributed by atoms with E-state index in [0.29, 0.717) is 27.3 Å². The summed E-state index contributed by atoms with van der Waals surface area (Å²) in [4.78, 5) is 17.1.